The van der Waals surface area contributed by atoms with Crippen molar-refractivity contribution in [1.29, 1.82) is 0 Å². The number of aromatic nitrogens is 2. The molecule has 3 rings (SSSR count). The molecule has 7 nitrogen and oxygen atoms in total. The number of nitrogens with zero attached hydrogens (tertiary/aromatic N) is 5. The number of rotatable bonds is 7. The minimum atomic E-state index is 0.0162. The third-order valence-electron chi connectivity index (χ3n) is 5.61. The Morgan fingerprint density at radius 1 is 1.30 bits per heavy atom. The summed E-state index contributed by atoms with van der Waals surface area (Å²) in [6, 6.07) is 9.15. The van der Waals surface area contributed by atoms with Gasteiger partial charge in [0.2, 0.25) is 0 Å². The topological polar surface area (TPSA) is 57.9 Å². The van der Waals surface area contributed by atoms with Crippen LogP contribution in [0, 0.1) is 0 Å². The molecule has 164 valence electrons. The van der Waals surface area contributed by atoms with Crippen LogP contribution in [-0.4, -0.2) is 72.4 Å². The van der Waals surface area contributed by atoms with Crippen LogP contribution in [0.25, 0.3) is 0 Å². The highest BCUT2D eigenvalue weighted by molar-refractivity contribution is 5.80. The monoisotopic (exact) mass is 412 g/mol. The third kappa shape index (κ3) is 5.61. The molecule has 1 aromatic heterocycles. The number of aryl methyl sites for hydroxylation is 2. The van der Waals surface area contributed by atoms with Gasteiger partial charge in [-0.2, -0.15) is 5.10 Å². The molecule has 0 amide bonds. The summed E-state index contributed by atoms with van der Waals surface area (Å²) >= 11 is 0. The SMILES string of the molecule is CCNC(=NCC(c1ccc(CC)cc1)N(C)C)N1CCOC(c2cnn(C)c2)C1. The molecule has 1 aliphatic rings. The van der Waals surface area contributed by atoms with Crippen molar-refractivity contribution in [2.75, 3.05) is 46.9 Å². The molecule has 2 heterocycles. The number of guanidine groups is 1. The summed E-state index contributed by atoms with van der Waals surface area (Å²) in [4.78, 5) is 9.57. The van der Waals surface area contributed by atoms with Gasteiger partial charge in [-0.25, -0.2) is 0 Å². The van der Waals surface area contributed by atoms with Gasteiger partial charge < -0.3 is 19.9 Å². The van der Waals surface area contributed by atoms with E-state index < -0.39 is 0 Å². The van der Waals surface area contributed by atoms with Gasteiger partial charge in [0.25, 0.3) is 0 Å². The van der Waals surface area contributed by atoms with Gasteiger partial charge in [-0.3, -0.25) is 9.67 Å². The molecule has 2 aromatic rings. The average molecular weight is 413 g/mol. The van der Waals surface area contributed by atoms with Crippen molar-refractivity contribution in [2.24, 2.45) is 12.0 Å². The van der Waals surface area contributed by atoms with Gasteiger partial charge >= 0.3 is 0 Å². The highest BCUT2D eigenvalue weighted by Gasteiger charge is 2.25. The zero-order valence-electron chi connectivity index (χ0n) is 19.0. The van der Waals surface area contributed by atoms with Gasteiger partial charge in [0.15, 0.2) is 5.96 Å². The maximum Gasteiger partial charge on any atom is 0.194 e. The molecule has 7 heteroatoms. The van der Waals surface area contributed by atoms with Crippen LogP contribution in [-0.2, 0) is 18.2 Å². The van der Waals surface area contributed by atoms with Crippen LogP contribution < -0.4 is 5.32 Å². The van der Waals surface area contributed by atoms with Crippen LogP contribution in [0.4, 0.5) is 0 Å². The summed E-state index contributed by atoms with van der Waals surface area (Å²) in [5.41, 5.74) is 3.77. The molecule has 30 heavy (non-hydrogen) atoms. The van der Waals surface area contributed by atoms with Crippen molar-refractivity contribution >= 4 is 5.96 Å². The smallest absolute Gasteiger partial charge is 0.194 e. The second-order valence-electron chi connectivity index (χ2n) is 8.02. The van der Waals surface area contributed by atoms with Crippen LogP contribution in [0.2, 0.25) is 0 Å². The number of morpholine rings is 1. The number of aliphatic imine (C=N–C) groups is 1. The van der Waals surface area contributed by atoms with Gasteiger partial charge in [-0.15, -0.1) is 0 Å². The van der Waals surface area contributed by atoms with E-state index in [4.69, 9.17) is 9.73 Å². The largest absolute Gasteiger partial charge is 0.370 e. The lowest BCUT2D eigenvalue weighted by Gasteiger charge is -2.35. The summed E-state index contributed by atoms with van der Waals surface area (Å²) in [7, 11) is 6.17. The predicted molar refractivity (Wildman–Crippen MR) is 122 cm³/mol. The standard InChI is InChI=1S/C23H36N6O/c1-6-18-8-10-19(11-9-18)21(27(3)4)15-25-23(24-7-2)29-12-13-30-22(17-29)20-14-26-28(5)16-20/h8-11,14,16,21-22H,6-7,12-13,15,17H2,1-5H3,(H,24,25). The second kappa shape index (κ2) is 10.6. The summed E-state index contributed by atoms with van der Waals surface area (Å²) < 4.78 is 7.83. The molecule has 0 bridgehead atoms. The highest BCUT2D eigenvalue weighted by atomic mass is 16.5. The molecular formula is C23H36N6O. The second-order valence-corrected chi connectivity index (χ2v) is 8.02. The maximum absolute atomic E-state index is 6.00. The van der Waals surface area contributed by atoms with Crippen molar-refractivity contribution < 1.29 is 4.74 Å². The Bertz CT molecular complexity index is 813. The molecule has 2 atom stereocenters. The normalized spacial score (nSPS) is 18.7. The predicted octanol–water partition coefficient (Wildman–Crippen LogP) is 2.62. The number of nitrogens with one attached hydrogen (secondary N) is 1. The summed E-state index contributed by atoms with van der Waals surface area (Å²) in [6.07, 6.45) is 4.99. The Morgan fingerprint density at radius 2 is 2.07 bits per heavy atom. The van der Waals surface area contributed by atoms with Crippen molar-refractivity contribution in [3.63, 3.8) is 0 Å². The molecule has 1 N–H and O–H groups in total. The Morgan fingerprint density at radius 3 is 2.67 bits per heavy atom. The van der Waals surface area contributed by atoms with Crippen LogP contribution >= 0.6 is 0 Å². The first-order valence-electron chi connectivity index (χ1n) is 10.9. The van der Waals surface area contributed by atoms with E-state index in [1.54, 1.807) is 0 Å². The van der Waals surface area contributed by atoms with E-state index in [0.29, 0.717) is 13.2 Å². The lowest BCUT2D eigenvalue weighted by Crippen LogP contribution is -2.48. The maximum atomic E-state index is 6.00. The molecule has 0 saturated carbocycles. The Hall–Kier alpha value is -2.38. The third-order valence-corrected chi connectivity index (χ3v) is 5.61. The fourth-order valence-electron chi connectivity index (χ4n) is 3.79. The molecule has 0 spiro atoms. The fraction of sp³-hybridized carbons (Fsp3) is 0.565. The zero-order chi connectivity index (χ0) is 21.5. The molecule has 2 unspecified atom stereocenters. The molecule has 1 aromatic carbocycles. The highest BCUT2D eigenvalue weighted by Crippen LogP contribution is 2.23. The molecule has 1 fully saturated rings. The van der Waals surface area contributed by atoms with Crippen molar-refractivity contribution in [3.05, 3.63) is 53.3 Å². The van der Waals surface area contributed by atoms with E-state index in [0.717, 1.165) is 37.6 Å². The molecule has 0 radical (unpaired) electrons. The number of benzene rings is 1. The van der Waals surface area contributed by atoms with E-state index in [-0.39, 0.29) is 12.1 Å². The van der Waals surface area contributed by atoms with E-state index in [2.05, 4.69) is 72.4 Å². The Balaban J connectivity index is 1.74. The van der Waals surface area contributed by atoms with Crippen LogP contribution in [0.15, 0.2) is 41.7 Å². The molecule has 0 aliphatic carbocycles. The van der Waals surface area contributed by atoms with Gasteiger partial charge in [0, 0.05) is 31.9 Å². The van der Waals surface area contributed by atoms with Gasteiger partial charge in [-0.05, 0) is 38.6 Å². The van der Waals surface area contributed by atoms with Crippen LogP contribution in [0.5, 0.6) is 0 Å². The van der Waals surface area contributed by atoms with E-state index >= 15 is 0 Å². The lowest BCUT2D eigenvalue weighted by atomic mass is 10.0. The summed E-state index contributed by atoms with van der Waals surface area (Å²) in [5.74, 6) is 0.951. The molecule has 1 saturated heterocycles. The number of likely N-dealkylation sites (N-methyl/N-ethyl adjacent to an activating group) is 1. The average Bonchev–Trinajstić information content (AvgIpc) is 3.20. The minimum Gasteiger partial charge on any atom is -0.370 e. The van der Waals surface area contributed by atoms with E-state index in [9.17, 15) is 0 Å². The Labute approximate surface area is 180 Å². The number of hydrogen-bond acceptors (Lipinski definition) is 4. The van der Waals surface area contributed by atoms with Crippen molar-refractivity contribution in [1.82, 2.24) is 24.9 Å². The first kappa shape index (κ1) is 22.3. The van der Waals surface area contributed by atoms with Gasteiger partial charge in [0.1, 0.15) is 6.10 Å². The van der Waals surface area contributed by atoms with E-state index in [1.165, 1.54) is 11.1 Å². The fourth-order valence-corrected chi connectivity index (χ4v) is 3.79. The van der Waals surface area contributed by atoms with E-state index in [1.807, 2.05) is 24.1 Å². The first-order chi connectivity index (χ1) is 14.5. The van der Waals surface area contributed by atoms with Crippen LogP contribution in [0.3, 0.4) is 0 Å². The Kier molecular flexibility index (Phi) is 7.87. The van der Waals surface area contributed by atoms with Crippen LogP contribution in [0.1, 0.15) is 42.7 Å². The molecule has 1 aliphatic heterocycles. The first-order valence-corrected chi connectivity index (χ1v) is 10.9. The quantitative estimate of drug-likeness (QED) is 0.560. The zero-order valence-corrected chi connectivity index (χ0v) is 19.0. The summed E-state index contributed by atoms with van der Waals surface area (Å²) in [6.45, 7) is 8.13. The van der Waals surface area contributed by atoms with Crippen molar-refractivity contribution in [2.45, 2.75) is 32.4 Å². The van der Waals surface area contributed by atoms with Gasteiger partial charge in [0.05, 0.1) is 31.9 Å². The number of hydrogen-bond donors (Lipinski definition) is 1. The minimum absolute atomic E-state index is 0.0162. The molecular weight excluding hydrogens is 376 g/mol. The van der Waals surface area contributed by atoms with Crippen molar-refractivity contribution in [3.8, 4) is 0 Å². The lowest BCUT2D eigenvalue weighted by molar-refractivity contribution is -0.00807. The number of ether oxygens (including phenoxy) is 1. The van der Waals surface area contributed by atoms with Gasteiger partial charge in [-0.1, -0.05) is 31.2 Å². The summed E-state index contributed by atoms with van der Waals surface area (Å²) in [5, 5.41) is 7.76.